The second-order valence-electron chi connectivity index (χ2n) is 17.3. The third kappa shape index (κ3) is 6.42. The Morgan fingerprint density at radius 2 is 0.788 bits per heavy atom. The van der Waals surface area contributed by atoms with Gasteiger partial charge in [-0.25, -0.2) is 0 Å². The molecule has 2 heteroatoms. The second kappa shape index (κ2) is 15.5. The molecule has 13 rings (SSSR count). The Bertz CT molecular complexity index is 3990. The van der Waals surface area contributed by atoms with Gasteiger partial charge >= 0.3 is 0 Å². The number of benzene rings is 12. The number of fused-ring (bicyclic) bond motifs is 8. The van der Waals surface area contributed by atoms with E-state index >= 15 is 0 Å². The summed E-state index contributed by atoms with van der Waals surface area (Å²) in [5, 5.41) is 12.1. The highest BCUT2D eigenvalue weighted by molar-refractivity contribution is 6.14. The van der Waals surface area contributed by atoms with Crippen molar-refractivity contribution in [2.75, 3.05) is 4.90 Å². The molecule has 0 saturated heterocycles. The Balaban J connectivity index is 0.941. The van der Waals surface area contributed by atoms with E-state index in [9.17, 15) is 0 Å². The molecule has 308 valence electrons. The highest BCUT2D eigenvalue weighted by Gasteiger charge is 2.20. The van der Waals surface area contributed by atoms with Crippen LogP contribution in [-0.2, 0) is 0 Å². The van der Waals surface area contributed by atoms with E-state index in [1.54, 1.807) is 0 Å². The maximum Gasteiger partial charge on any atom is 0.136 e. The predicted octanol–water partition coefficient (Wildman–Crippen LogP) is 18.3. The molecule has 0 aliphatic carbocycles. The van der Waals surface area contributed by atoms with Gasteiger partial charge in [-0.3, -0.25) is 0 Å². The Labute approximate surface area is 382 Å². The zero-order valence-electron chi connectivity index (χ0n) is 36.0. The van der Waals surface area contributed by atoms with Gasteiger partial charge in [0.2, 0.25) is 0 Å². The second-order valence-corrected chi connectivity index (χ2v) is 17.3. The molecule has 0 radical (unpaired) electrons. The lowest BCUT2D eigenvalue weighted by Gasteiger charge is -2.28. The molecule has 1 heterocycles. The molecule has 12 aromatic carbocycles. The topological polar surface area (TPSA) is 16.4 Å². The van der Waals surface area contributed by atoms with Gasteiger partial charge in [0, 0.05) is 27.7 Å². The summed E-state index contributed by atoms with van der Waals surface area (Å²) in [6, 6.07) is 90.4. The van der Waals surface area contributed by atoms with E-state index < -0.39 is 0 Å². The Hall–Kier alpha value is -8.72. The molecule has 2 nitrogen and oxygen atoms in total. The van der Waals surface area contributed by atoms with Crippen molar-refractivity contribution >= 4 is 82.1 Å². The van der Waals surface area contributed by atoms with Gasteiger partial charge in [-0.05, 0) is 149 Å². The maximum atomic E-state index is 6.45. The molecule has 0 saturated carbocycles. The molecule has 0 atom stereocenters. The fourth-order valence-electron chi connectivity index (χ4n) is 10.2. The Morgan fingerprint density at radius 1 is 0.242 bits per heavy atom. The first kappa shape index (κ1) is 37.8. The van der Waals surface area contributed by atoms with E-state index in [-0.39, 0.29) is 0 Å². The smallest absolute Gasteiger partial charge is 0.136 e. The number of hydrogen-bond donors (Lipinski definition) is 0. The van der Waals surface area contributed by atoms with E-state index in [1.807, 2.05) is 0 Å². The molecule has 0 bridgehead atoms. The van der Waals surface area contributed by atoms with E-state index in [0.29, 0.717) is 0 Å². The number of hydrogen-bond acceptors (Lipinski definition) is 2. The molecule has 0 aliphatic rings. The fourth-order valence-corrected chi connectivity index (χ4v) is 10.2. The van der Waals surface area contributed by atoms with Gasteiger partial charge in [0.15, 0.2) is 0 Å². The molecule has 0 aliphatic heterocycles. The highest BCUT2D eigenvalue weighted by Crippen LogP contribution is 2.44. The molecule has 13 aromatic rings. The zero-order valence-corrected chi connectivity index (χ0v) is 36.0. The summed E-state index contributed by atoms with van der Waals surface area (Å²) >= 11 is 0. The van der Waals surface area contributed by atoms with Crippen molar-refractivity contribution in [1.82, 2.24) is 0 Å². The largest absolute Gasteiger partial charge is 0.456 e. The normalized spacial score (nSPS) is 11.6. The van der Waals surface area contributed by atoms with E-state index in [0.717, 1.165) is 55.7 Å². The average molecular weight is 840 g/mol. The van der Waals surface area contributed by atoms with Crippen LogP contribution >= 0.6 is 0 Å². The van der Waals surface area contributed by atoms with Crippen LogP contribution in [0, 0.1) is 0 Å². The van der Waals surface area contributed by atoms with Crippen LogP contribution in [0.15, 0.2) is 253 Å². The van der Waals surface area contributed by atoms with Crippen LogP contribution in [-0.4, -0.2) is 0 Å². The summed E-state index contributed by atoms with van der Waals surface area (Å²) in [5.41, 5.74) is 14.5. The first-order valence-electron chi connectivity index (χ1n) is 22.6. The highest BCUT2D eigenvalue weighted by atomic mass is 16.3. The van der Waals surface area contributed by atoms with Crippen molar-refractivity contribution in [3.8, 4) is 44.5 Å². The number of nitrogens with zero attached hydrogens (tertiary/aromatic N) is 1. The van der Waals surface area contributed by atoms with Crippen molar-refractivity contribution in [2.24, 2.45) is 0 Å². The first-order chi connectivity index (χ1) is 32.7. The zero-order chi connectivity index (χ0) is 43.6. The summed E-state index contributed by atoms with van der Waals surface area (Å²) in [6.07, 6.45) is 0. The average Bonchev–Trinajstić information content (AvgIpc) is 3.74. The lowest BCUT2D eigenvalue weighted by atomic mass is 9.93. The number of para-hydroxylation sites is 1. The van der Waals surface area contributed by atoms with Gasteiger partial charge in [-0.15, -0.1) is 0 Å². The van der Waals surface area contributed by atoms with E-state index in [4.69, 9.17) is 4.42 Å². The number of rotatable bonds is 7. The molecular weight excluding hydrogens is 799 g/mol. The van der Waals surface area contributed by atoms with Gasteiger partial charge in [-0.2, -0.15) is 0 Å². The summed E-state index contributed by atoms with van der Waals surface area (Å²) in [6.45, 7) is 0. The molecule has 0 N–H and O–H groups in total. The van der Waals surface area contributed by atoms with Gasteiger partial charge in [0.25, 0.3) is 0 Å². The standard InChI is InChI=1S/C64H41NO/c1-2-15-47-41-64-61(38-46(47)14-1)60-40-50(31-36-63(60)66-64)56-22-9-10-26-62(56)65(52-34-29-44(30-35-52)59-39-49-16-4-6-21-55(49)57-23-7-8-24-58(57)59)51-32-27-42(28-33-51)45-18-11-19-48(37-45)54-25-12-17-43-13-3-5-20-53(43)54/h1-41H. The van der Waals surface area contributed by atoms with Crippen LogP contribution in [0.25, 0.3) is 110 Å². The molecule has 1 aromatic heterocycles. The molecule has 0 unspecified atom stereocenters. The lowest BCUT2D eigenvalue weighted by molar-refractivity contribution is 0.669. The van der Waals surface area contributed by atoms with Crippen molar-refractivity contribution in [3.05, 3.63) is 249 Å². The lowest BCUT2D eigenvalue weighted by Crippen LogP contribution is -2.11. The van der Waals surface area contributed by atoms with Crippen LogP contribution in [0.1, 0.15) is 0 Å². The van der Waals surface area contributed by atoms with E-state index in [1.165, 1.54) is 70.9 Å². The minimum Gasteiger partial charge on any atom is -0.456 e. The Kier molecular flexibility index (Phi) is 8.89. The van der Waals surface area contributed by atoms with Crippen molar-refractivity contribution in [3.63, 3.8) is 0 Å². The number of furan rings is 1. The SMILES string of the molecule is c1cc(-c2ccc(N(c3ccc(-c4cc5ccccc5c5ccccc45)cc3)c3ccccc3-c3ccc4oc5cc6ccccc6cc5c4c3)cc2)cc(-c2cccc3ccccc23)c1. The van der Waals surface area contributed by atoms with Crippen LogP contribution in [0.3, 0.4) is 0 Å². The van der Waals surface area contributed by atoms with Gasteiger partial charge in [0.05, 0.1) is 5.69 Å². The van der Waals surface area contributed by atoms with Gasteiger partial charge in [0.1, 0.15) is 11.2 Å². The quantitative estimate of drug-likeness (QED) is 0.149. The summed E-state index contributed by atoms with van der Waals surface area (Å²) in [4.78, 5) is 2.40. The third-order valence-electron chi connectivity index (χ3n) is 13.4. The molecule has 0 fully saturated rings. The van der Waals surface area contributed by atoms with Crippen molar-refractivity contribution in [2.45, 2.75) is 0 Å². The van der Waals surface area contributed by atoms with Gasteiger partial charge in [-0.1, -0.05) is 182 Å². The van der Waals surface area contributed by atoms with Crippen LogP contribution in [0.4, 0.5) is 17.1 Å². The van der Waals surface area contributed by atoms with Crippen LogP contribution in [0.5, 0.6) is 0 Å². The minimum absolute atomic E-state index is 0.885. The monoisotopic (exact) mass is 839 g/mol. The molecule has 0 spiro atoms. The summed E-state index contributed by atoms with van der Waals surface area (Å²) < 4.78 is 6.45. The molecule has 0 amide bonds. The third-order valence-corrected chi connectivity index (χ3v) is 13.4. The molecule has 66 heavy (non-hydrogen) atoms. The van der Waals surface area contributed by atoms with Crippen LogP contribution in [0.2, 0.25) is 0 Å². The number of anilines is 3. The van der Waals surface area contributed by atoms with Crippen molar-refractivity contribution in [1.29, 1.82) is 0 Å². The first-order valence-corrected chi connectivity index (χ1v) is 22.6. The fraction of sp³-hybridized carbons (Fsp3) is 0. The van der Waals surface area contributed by atoms with Crippen molar-refractivity contribution < 1.29 is 4.42 Å². The predicted molar refractivity (Wildman–Crippen MR) is 280 cm³/mol. The maximum absolute atomic E-state index is 6.45. The molecular formula is C64H41NO. The summed E-state index contributed by atoms with van der Waals surface area (Å²) in [5.74, 6) is 0. The van der Waals surface area contributed by atoms with E-state index in [2.05, 4.69) is 254 Å². The minimum atomic E-state index is 0.885. The van der Waals surface area contributed by atoms with Crippen LogP contribution < -0.4 is 4.90 Å². The Morgan fingerprint density at radius 3 is 1.59 bits per heavy atom. The summed E-state index contributed by atoms with van der Waals surface area (Å²) in [7, 11) is 0. The van der Waals surface area contributed by atoms with Gasteiger partial charge < -0.3 is 9.32 Å².